The highest BCUT2D eigenvalue weighted by molar-refractivity contribution is 5.80. The minimum atomic E-state index is -3.14. The van der Waals surface area contributed by atoms with Crippen molar-refractivity contribution in [3.8, 4) is 17.0 Å². The van der Waals surface area contributed by atoms with E-state index in [2.05, 4.69) is 26.7 Å². The average molecular weight is 391 g/mol. The fourth-order valence-electron chi connectivity index (χ4n) is 3.08. The maximum atomic E-state index is 13.6. The van der Waals surface area contributed by atoms with Crippen molar-refractivity contribution in [2.75, 3.05) is 13.1 Å². The zero-order valence-electron chi connectivity index (χ0n) is 14.8. The monoisotopic (exact) mass is 391 g/mol. The number of carbonyl (C=O) groups is 1. The number of carbonyl (C=O) groups excluding carboxylic acids is 1. The number of hydrogen-bond acceptors (Lipinski definition) is 5. The molecule has 1 saturated heterocycles. The molecule has 1 aromatic carbocycles. The van der Waals surface area contributed by atoms with E-state index >= 15 is 0 Å². The molecular weight excluding hydrogens is 375 g/mol. The number of nitrogens with zero attached hydrogens (tertiary/aromatic N) is 5. The minimum Gasteiger partial charge on any atom is -0.432 e. The lowest BCUT2D eigenvalue weighted by molar-refractivity contribution is -0.137. The van der Waals surface area contributed by atoms with Crippen LogP contribution in [0.1, 0.15) is 6.92 Å². The van der Waals surface area contributed by atoms with Gasteiger partial charge in [-0.15, -0.1) is 0 Å². The lowest BCUT2D eigenvalue weighted by Gasteiger charge is -2.37. The lowest BCUT2D eigenvalue weighted by atomic mass is 10.0. The Labute approximate surface area is 157 Å². The van der Waals surface area contributed by atoms with Crippen molar-refractivity contribution in [2.24, 2.45) is 5.92 Å². The van der Waals surface area contributed by atoms with E-state index in [4.69, 9.17) is 0 Å². The summed E-state index contributed by atoms with van der Waals surface area (Å²) in [5.41, 5.74) is 1.53. The maximum absolute atomic E-state index is 13.6. The summed E-state index contributed by atoms with van der Waals surface area (Å²) in [5, 5.41) is 4.16. The van der Waals surface area contributed by atoms with Gasteiger partial charge in [0.25, 0.3) is 0 Å². The van der Waals surface area contributed by atoms with Crippen LogP contribution in [0.15, 0.2) is 30.6 Å². The normalized spacial score (nSPS) is 14.5. The molecule has 3 aromatic rings. The molecule has 0 atom stereocenters. The molecule has 0 spiro atoms. The topological polar surface area (TPSA) is 73.1 Å². The van der Waals surface area contributed by atoms with Crippen molar-refractivity contribution in [1.29, 1.82) is 0 Å². The Bertz CT molecular complexity index is 1030. The van der Waals surface area contributed by atoms with Gasteiger partial charge >= 0.3 is 6.61 Å². The third-order valence-electron chi connectivity index (χ3n) is 4.49. The molecule has 0 unspecified atom stereocenters. The Balaban J connectivity index is 1.63. The van der Waals surface area contributed by atoms with Crippen LogP contribution in [-0.2, 0) is 11.3 Å². The Morgan fingerprint density at radius 2 is 2.11 bits per heavy atom. The number of aromatic nitrogens is 4. The highest BCUT2D eigenvalue weighted by Gasteiger charge is 2.27. The number of ether oxygens (including phenoxy) is 1. The standard InChI is InChI=1S/C18H16F3N5O2/c1-10-7-25(8-10)16(27)9-26-17-14(6-23-26)22-5-13(24-17)11-2-3-12(19)15(4-11)28-18(20)21/h2-6,10,18H,7-9H2,1H3. The number of benzene rings is 1. The molecule has 2 aromatic heterocycles. The first-order chi connectivity index (χ1) is 13.4. The van der Waals surface area contributed by atoms with Crippen LogP contribution in [0.25, 0.3) is 22.4 Å². The number of hydrogen-bond donors (Lipinski definition) is 0. The lowest BCUT2D eigenvalue weighted by Crippen LogP contribution is -2.49. The maximum Gasteiger partial charge on any atom is 0.387 e. The van der Waals surface area contributed by atoms with E-state index in [1.807, 2.05) is 0 Å². The minimum absolute atomic E-state index is 0.0253. The second kappa shape index (κ2) is 7.10. The van der Waals surface area contributed by atoms with E-state index in [0.717, 1.165) is 25.2 Å². The first-order valence-corrected chi connectivity index (χ1v) is 8.62. The quantitative estimate of drug-likeness (QED) is 0.669. The molecule has 28 heavy (non-hydrogen) atoms. The molecule has 3 heterocycles. The number of alkyl halides is 2. The van der Waals surface area contributed by atoms with Gasteiger partial charge in [-0.3, -0.25) is 4.79 Å². The van der Waals surface area contributed by atoms with Gasteiger partial charge in [-0.25, -0.2) is 19.0 Å². The fourth-order valence-corrected chi connectivity index (χ4v) is 3.08. The summed E-state index contributed by atoms with van der Waals surface area (Å²) in [6, 6.07) is 3.53. The Morgan fingerprint density at radius 3 is 2.82 bits per heavy atom. The van der Waals surface area contributed by atoms with Gasteiger partial charge in [0, 0.05) is 18.7 Å². The predicted octanol–water partition coefficient (Wildman–Crippen LogP) is 2.71. The van der Waals surface area contributed by atoms with Crippen LogP contribution in [-0.4, -0.2) is 50.3 Å². The number of likely N-dealkylation sites (tertiary alicyclic amines) is 1. The summed E-state index contributed by atoms with van der Waals surface area (Å²) in [7, 11) is 0. The second-order valence-corrected chi connectivity index (χ2v) is 6.69. The first-order valence-electron chi connectivity index (χ1n) is 8.62. The molecule has 10 heteroatoms. The summed E-state index contributed by atoms with van der Waals surface area (Å²) in [6.45, 7) is 0.390. The largest absolute Gasteiger partial charge is 0.432 e. The summed E-state index contributed by atoms with van der Waals surface area (Å²) in [4.78, 5) is 22.7. The Hall–Kier alpha value is -3.17. The van der Waals surface area contributed by atoms with Crippen LogP contribution in [0, 0.1) is 11.7 Å². The average Bonchev–Trinajstić information content (AvgIpc) is 3.02. The summed E-state index contributed by atoms with van der Waals surface area (Å²) >= 11 is 0. The van der Waals surface area contributed by atoms with Crippen LogP contribution in [0.4, 0.5) is 13.2 Å². The molecule has 0 aliphatic carbocycles. The van der Waals surface area contributed by atoms with E-state index < -0.39 is 18.2 Å². The molecule has 0 N–H and O–H groups in total. The van der Waals surface area contributed by atoms with Crippen LogP contribution in [0.5, 0.6) is 5.75 Å². The van der Waals surface area contributed by atoms with E-state index in [0.29, 0.717) is 28.3 Å². The van der Waals surface area contributed by atoms with Crippen LogP contribution in [0.2, 0.25) is 0 Å². The Kier molecular flexibility index (Phi) is 4.62. The summed E-state index contributed by atoms with van der Waals surface area (Å²) in [5.74, 6) is -1.06. The highest BCUT2D eigenvalue weighted by Crippen LogP contribution is 2.27. The van der Waals surface area contributed by atoms with Gasteiger partial charge in [0.05, 0.1) is 18.1 Å². The van der Waals surface area contributed by atoms with E-state index in [1.165, 1.54) is 23.1 Å². The van der Waals surface area contributed by atoms with Crippen LogP contribution >= 0.6 is 0 Å². The summed E-state index contributed by atoms with van der Waals surface area (Å²) in [6.07, 6.45) is 2.92. The number of halogens is 3. The molecular formula is C18H16F3N5O2. The third kappa shape index (κ3) is 3.49. The van der Waals surface area contributed by atoms with Crippen molar-refractivity contribution < 1.29 is 22.7 Å². The van der Waals surface area contributed by atoms with Gasteiger partial charge in [0.15, 0.2) is 17.2 Å². The molecule has 1 amide bonds. The predicted molar refractivity (Wildman–Crippen MR) is 93.1 cm³/mol. The van der Waals surface area contributed by atoms with Crippen molar-refractivity contribution in [2.45, 2.75) is 20.1 Å². The molecule has 0 saturated carbocycles. The molecule has 146 valence electrons. The van der Waals surface area contributed by atoms with Crippen molar-refractivity contribution >= 4 is 17.1 Å². The van der Waals surface area contributed by atoms with Gasteiger partial charge < -0.3 is 9.64 Å². The zero-order chi connectivity index (χ0) is 19.8. The van der Waals surface area contributed by atoms with Gasteiger partial charge in [-0.1, -0.05) is 6.92 Å². The molecule has 7 nitrogen and oxygen atoms in total. The van der Waals surface area contributed by atoms with Gasteiger partial charge in [-0.05, 0) is 24.1 Å². The van der Waals surface area contributed by atoms with E-state index in [-0.39, 0.29) is 12.5 Å². The highest BCUT2D eigenvalue weighted by atomic mass is 19.3. The SMILES string of the molecule is CC1CN(C(=O)Cn2ncc3ncc(-c4ccc(F)c(OC(F)F)c4)nc32)C1. The molecule has 1 fully saturated rings. The third-order valence-corrected chi connectivity index (χ3v) is 4.49. The van der Waals surface area contributed by atoms with Gasteiger partial charge in [0.2, 0.25) is 5.91 Å². The molecule has 0 bridgehead atoms. The van der Waals surface area contributed by atoms with Crippen molar-refractivity contribution in [3.05, 3.63) is 36.4 Å². The van der Waals surface area contributed by atoms with Crippen LogP contribution in [0.3, 0.4) is 0 Å². The molecule has 1 aliphatic heterocycles. The second-order valence-electron chi connectivity index (χ2n) is 6.69. The number of rotatable bonds is 5. The van der Waals surface area contributed by atoms with Crippen molar-refractivity contribution in [3.63, 3.8) is 0 Å². The molecule has 1 aliphatic rings. The first kappa shape index (κ1) is 18.2. The van der Waals surface area contributed by atoms with Gasteiger partial charge in [-0.2, -0.15) is 13.9 Å². The molecule has 4 rings (SSSR count). The number of amides is 1. The van der Waals surface area contributed by atoms with Gasteiger partial charge in [0.1, 0.15) is 12.1 Å². The summed E-state index contributed by atoms with van der Waals surface area (Å²) < 4.78 is 44.1. The fraction of sp³-hybridized carbons (Fsp3) is 0.333. The van der Waals surface area contributed by atoms with Crippen molar-refractivity contribution in [1.82, 2.24) is 24.6 Å². The smallest absolute Gasteiger partial charge is 0.387 e. The van der Waals surface area contributed by atoms with Crippen LogP contribution < -0.4 is 4.74 Å². The molecule has 0 radical (unpaired) electrons. The number of fused-ring (bicyclic) bond motifs is 1. The van der Waals surface area contributed by atoms with E-state index in [9.17, 15) is 18.0 Å². The Morgan fingerprint density at radius 1 is 1.32 bits per heavy atom. The van der Waals surface area contributed by atoms with E-state index in [1.54, 1.807) is 4.90 Å². The zero-order valence-corrected chi connectivity index (χ0v) is 14.8.